The van der Waals surface area contributed by atoms with Gasteiger partial charge in [-0.3, -0.25) is 4.79 Å². The van der Waals surface area contributed by atoms with Crippen molar-refractivity contribution < 1.29 is 17.9 Å². The highest BCUT2D eigenvalue weighted by Gasteiger charge is 2.31. The van der Waals surface area contributed by atoms with Gasteiger partial charge in [0, 0.05) is 37.1 Å². The number of benzene rings is 1. The maximum Gasteiger partial charge on any atom is 0.243 e. The van der Waals surface area contributed by atoms with Gasteiger partial charge in [-0.25, -0.2) is 8.42 Å². The van der Waals surface area contributed by atoms with Gasteiger partial charge in [0.25, 0.3) is 0 Å². The summed E-state index contributed by atoms with van der Waals surface area (Å²) in [6.45, 7) is 1.36. The number of amides is 1. The average molecular weight is 455 g/mol. The zero-order valence-corrected chi connectivity index (χ0v) is 18.8. The van der Waals surface area contributed by atoms with Gasteiger partial charge in [-0.05, 0) is 59.5 Å². The largest absolute Gasteiger partial charge is 0.497 e. The molecule has 0 unspecified atom stereocenters. The Bertz CT molecular complexity index is 875. The monoisotopic (exact) mass is 454 g/mol. The summed E-state index contributed by atoms with van der Waals surface area (Å²) < 4.78 is 32.1. The predicted octanol–water partition coefficient (Wildman–Crippen LogP) is 3.21. The number of piperidine rings is 1. The van der Waals surface area contributed by atoms with Gasteiger partial charge < -0.3 is 10.1 Å². The molecule has 1 N–H and O–H groups in total. The standard InChI is InChI=1S/C20H26N2O4S3/c1-26-18-2-4-19(5-3-18)29(24,25)22-10-6-17(7-11-22)20(23)21-9-13-28-15-16-8-12-27-14-16/h2-5,8,12,14,17H,6-7,9-11,13,15H2,1H3,(H,21,23). The minimum absolute atomic E-state index is 0.0302. The number of thioether (sulfide) groups is 1. The molecule has 3 rings (SSSR count). The summed E-state index contributed by atoms with van der Waals surface area (Å²) in [7, 11) is -2.00. The first-order chi connectivity index (χ1) is 14.0. The molecule has 2 aromatic rings. The zero-order valence-electron chi connectivity index (χ0n) is 16.4. The van der Waals surface area contributed by atoms with Gasteiger partial charge in [0.2, 0.25) is 15.9 Å². The Morgan fingerprint density at radius 1 is 1.24 bits per heavy atom. The molecule has 1 amide bonds. The molecule has 1 fully saturated rings. The van der Waals surface area contributed by atoms with Crippen molar-refractivity contribution in [3.63, 3.8) is 0 Å². The highest BCUT2D eigenvalue weighted by atomic mass is 32.2. The lowest BCUT2D eigenvalue weighted by molar-refractivity contribution is -0.125. The van der Waals surface area contributed by atoms with Gasteiger partial charge in [0.1, 0.15) is 5.75 Å². The molecule has 2 heterocycles. The van der Waals surface area contributed by atoms with Crippen LogP contribution < -0.4 is 10.1 Å². The number of carbonyl (C=O) groups is 1. The number of nitrogens with zero attached hydrogens (tertiary/aromatic N) is 1. The Balaban J connectivity index is 1.41. The number of hydrogen-bond acceptors (Lipinski definition) is 6. The van der Waals surface area contributed by atoms with Crippen LogP contribution in [-0.2, 0) is 20.6 Å². The molecular formula is C20H26N2O4S3. The van der Waals surface area contributed by atoms with Crippen molar-refractivity contribution in [1.29, 1.82) is 0 Å². The second-order valence-corrected chi connectivity index (χ2v) is 10.7. The fourth-order valence-electron chi connectivity index (χ4n) is 3.21. The van der Waals surface area contributed by atoms with E-state index in [4.69, 9.17) is 4.74 Å². The van der Waals surface area contributed by atoms with Crippen LogP contribution in [0.1, 0.15) is 18.4 Å². The Labute approximate surface area is 180 Å². The van der Waals surface area contributed by atoms with Crippen LogP contribution in [-0.4, -0.2) is 51.1 Å². The smallest absolute Gasteiger partial charge is 0.243 e. The number of rotatable bonds is 9. The molecule has 9 heteroatoms. The van der Waals surface area contributed by atoms with Gasteiger partial charge in [-0.2, -0.15) is 27.4 Å². The number of carbonyl (C=O) groups excluding carboxylic acids is 1. The predicted molar refractivity (Wildman–Crippen MR) is 118 cm³/mol. The maximum absolute atomic E-state index is 12.8. The van der Waals surface area contributed by atoms with E-state index in [-0.39, 0.29) is 16.7 Å². The molecule has 0 spiro atoms. The summed E-state index contributed by atoms with van der Waals surface area (Å²) in [5, 5.41) is 7.20. The first-order valence-corrected chi connectivity index (χ1v) is 13.0. The van der Waals surface area contributed by atoms with Crippen LogP contribution in [0.15, 0.2) is 46.0 Å². The minimum atomic E-state index is -3.54. The zero-order chi connectivity index (χ0) is 20.7. The molecule has 158 valence electrons. The van der Waals surface area contributed by atoms with Crippen LogP contribution in [0.4, 0.5) is 0 Å². The fraction of sp³-hybridized carbons (Fsp3) is 0.450. The third-order valence-electron chi connectivity index (χ3n) is 4.92. The molecule has 0 atom stereocenters. The maximum atomic E-state index is 12.8. The minimum Gasteiger partial charge on any atom is -0.497 e. The SMILES string of the molecule is COc1ccc(S(=O)(=O)N2CCC(C(=O)NCCSCc3ccsc3)CC2)cc1. The van der Waals surface area contributed by atoms with Crippen molar-refractivity contribution in [2.45, 2.75) is 23.5 Å². The molecule has 1 aromatic carbocycles. The highest BCUT2D eigenvalue weighted by Crippen LogP contribution is 2.25. The molecule has 0 bridgehead atoms. The van der Waals surface area contributed by atoms with Crippen LogP contribution in [0.5, 0.6) is 5.75 Å². The van der Waals surface area contributed by atoms with Gasteiger partial charge in [-0.1, -0.05) is 0 Å². The number of ether oxygens (including phenoxy) is 1. The van der Waals surface area contributed by atoms with Crippen LogP contribution in [0.3, 0.4) is 0 Å². The molecule has 0 aliphatic carbocycles. The van der Waals surface area contributed by atoms with Crippen molar-refractivity contribution in [3.05, 3.63) is 46.7 Å². The number of methoxy groups -OCH3 is 1. The molecule has 1 saturated heterocycles. The molecular weight excluding hydrogens is 428 g/mol. The van der Waals surface area contributed by atoms with Crippen LogP contribution >= 0.6 is 23.1 Å². The van der Waals surface area contributed by atoms with E-state index in [9.17, 15) is 13.2 Å². The molecule has 1 aliphatic heterocycles. The van der Waals surface area contributed by atoms with E-state index in [1.165, 1.54) is 9.87 Å². The summed E-state index contributed by atoms with van der Waals surface area (Å²) >= 11 is 3.49. The quantitative estimate of drug-likeness (QED) is 0.589. The lowest BCUT2D eigenvalue weighted by Crippen LogP contribution is -2.43. The van der Waals surface area contributed by atoms with E-state index in [0.717, 1.165) is 11.5 Å². The third kappa shape index (κ3) is 5.97. The summed E-state index contributed by atoms with van der Waals surface area (Å²) in [6.07, 6.45) is 1.09. The Hall–Kier alpha value is -1.55. The number of thiophene rings is 1. The average Bonchev–Trinajstić information content (AvgIpc) is 3.27. The van der Waals surface area contributed by atoms with Crippen molar-refractivity contribution >= 4 is 39.0 Å². The van der Waals surface area contributed by atoms with E-state index < -0.39 is 10.0 Å². The summed E-state index contributed by atoms with van der Waals surface area (Å²) in [6, 6.07) is 8.51. The Morgan fingerprint density at radius 2 is 1.97 bits per heavy atom. The van der Waals surface area contributed by atoms with Crippen molar-refractivity contribution in [1.82, 2.24) is 9.62 Å². The first-order valence-electron chi connectivity index (χ1n) is 9.51. The molecule has 1 aromatic heterocycles. The van der Waals surface area contributed by atoms with Gasteiger partial charge in [0.15, 0.2) is 0 Å². The Kier molecular flexibility index (Phi) is 7.99. The van der Waals surface area contributed by atoms with Gasteiger partial charge >= 0.3 is 0 Å². The third-order valence-corrected chi connectivity index (χ3v) is 8.59. The molecule has 0 radical (unpaired) electrons. The van der Waals surface area contributed by atoms with Crippen molar-refractivity contribution in [2.75, 3.05) is 32.5 Å². The first kappa shape index (κ1) is 22.1. The van der Waals surface area contributed by atoms with Crippen molar-refractivity contribution in [3.8, 4) is 5.75 Å². The number of nitrogens with one attached hydrogen (secondary N) is 1. The lowest BCUT2D eigenvalue weighted by atomic mass is 9.97. The second kappa shape index (κ2) is 10.5. The number of sulfonamides is 1. The van der Waals surface area contributed by atoms with Gasteiger partial charge in [-0.15, -0.1) is 0 Å². The molecule has 1 aliphatic rings. The fourth-order valence-corrected chi connectivity index (χ4v) is 6.26. The molecule has 29 heavy (non-hydrogen) atoms. The van der Waals surface area contributed by atoms with Crippen LogP contribution in [0, 0.1) is 5.92 Å². The topological polar surface area (TPSA) is 75.7 Å². The Morgan fingerprint density at radius 3 is 2.59 bits per heavy atom. The summed E-state index contributed by atoms with van der Waals surface area (Å²) in [4.78, 5) is 12.6. The summed E-state index contributed by atoms with van der Waals surface area (Å²) in [5.41, 5.74) is 1.32. The molecule has 0 saturated carbocycles. The van der Waals surface area contributed by atoms with E-state index in [0.29, 0.717) is 38.2 Å². The summed E-state index contributed by atoms with van der Waals surface area (Å²) in [5.74, 6) is 2.35. The number of hydrogen-bond donors (Lipinski definition) is 1. The highest BCUT2D eigenvalue weighted by molar-refractivity contribution is 7.98. The van der Waals surface area contributed by atoms with E-state index in [1.54, 1.807) is 54.5 Å². The normalized spacial score (nSPS) is 15.9. The van der Waals surface area contributed by atoms with Crippen LogP contribution in [0.25, 0.3) is 0 Å². The van der Waals surface area contributed by atoms with E-state index in [2.05, 4.69) is 22.1 Å². The lowest BCUT2D eigenvalue weighted by Gasteiger charge is -2.30. The van der Waals surface area contributed by atoms with Gasteiger partial charge in [0.05, 0.1) is 12.0 Å². The van der Waals surface area contributed by atoms with E-state index in [1.807, 2.05) is 0 Å². The second-order valence-electron chi connectivity index (χ2n) is 6.83. The molecule has 6 nitrogen and oxygen atoms in total. The van der Waals surface area contributed by atoms with Crippen molar-refractivity contribution in [2.24, 2.45) is 5.92 Å². The van der Waals surface area contributed by atoms with E-state index >= 15 is 0 Å². The van der Waals surface area contributed by atoms with Crippen LogP contribution in [0.2, 0.25) is 0 Å².